The van der Waals surface area contributed by atoms with Crippen molar-refractivity contribution in [2.24, 2.45) is 0 Å². The summed E-state index contributed by atoms with van der Waals surface area (Å²) in [4.78, 5) is 0. The van der Waals surface area contributed by atoms with E-state index in [1.165, 1.54) is 75.3 Å². The Morgan fingerprint density at radius 1 is 0.645 bits per heavy atom. The average Bonchev–Trinajstić information content (AvgIpc) is 3.52. The molecule has 0 saturated heterocycles. The molecule has 10 radical (unpaired) electrons. The molecule has 0 bridgehead atoms. The number of hydrogen-bond donors (Lipinski definition) is 0. The monoisotopic (exact) mass is 472 g/mol. The second-order valence-electron chi connectivity index (χ2n) is 9.09. The summed E-state index contributed by atoms with van der Waals surface area (Å²) in [5.41, 5.74) is 6.61. The number of aryl methyl sites for hydroxylation is 1. The van der Waals surface area contributed by atoms with Gasteiger partial charge in [0.05, 0.1) is 0 Å². The van der Waals surface area contributed by atoms with Gasteiger partial charge in [0.1, 0.15) is 0 Å². The van der Waals surface area contributed by atoms with Gasteiger partial charge in [0.2, 0.25) is 0 Å². The molecular weight excluding hydrogens is 435 g/mol. The third-order valence-electron chi connectivity index (χ3n) is 7.00. The van der Waals surface area contributed by atoms with Crippen LogP contribution in [0.2, 0.25) is 0 Å². The number of hydrogen-bond acceptors (Lipinski definition) is 0. The minimum absolute atomic E-state index is 0. The van der Waals surface area contributed by atoms with Crippen LogP contribution in [0.15, 0.2) is 24.3 Å². The standard InChI is InChI=1S/C24H32P.C5H5.Fe/c1-19-11-8-9-16-22(19)23-17-10-18-24(23)25(20-12-4-2-5-13-20)21-14-6-3-7-15-21;1-2-4-5-3-1;/h8-11,16-18,20-21H,2-7,12-15H2,1H3;1-5H;/q;;+2. The molecule has 4 aliphatic carbocycles. The van der Waals surface area contributed by atoms with Crippen LogP contribution in [0.25, 0.3) is 0 Å². The van der Waals surface area contributed by atoms with E-state index in [4.69, 9.17) is 0 Å². The van der Waals surface area contributed by atoms with Gasteiger partial charge in [-0.15, -0.1) is 0 Å². The Bertz CT molecular complexity index is 587. The summed E-state index contributed by atoms with van der Waals surface area (Å²) in [6, 6.07) is 8.99. The van der Waals surface area contributed by atoms with Crippen LogP contribution < -0.4 is 0 Å². The van der Waals surface area contributed by atoms with E-state index < -0.39 is 0 Å². The first kappa shape index (κ1) is 25.8. The van der Waals surface area contributed by atoms with Gasteiger partial charge >= 0.3 is 17.1 Å². The minimum atomic E-state index is -0.0119. The van der Waals surface area contributed by atoms with Crippen molar-refractivity contribution in [2.75, 3.05) is 0 Å². The maximum Gasteiger partial charge on any atom is 2.00 e. The van der Waals surface area contributed by atoms with Crippen LogP contribution in [0.5, 0.6) is 0 Å². The molecule has 0 unspecified atom stereocenters. The van der Waals surface area contributed by atoms with Crippen LogP contribution in [-0.4, -0.2) is 11.3 Å². The van der Waals surface area contributed by atoms with E-state index >= 15 is 0 Å². The minimum Gasteiger partial charge on any atom is -0.0917 e. The molecule has 0 heterocycles. The van der Waals surface area contributed by atoms with E-state index in [0.717, 1.165) is 11.3 Å². The predicted molar refractivity (Wildman–Crippen MR) is 132 cm³/mol. The Kier molecular flexibility index (Phi) is 11.5. The molecule has 5 rings (SSSR count). The van der Waals surface area contributed by atoms with Crippen molar-refractivity contribution in [3.05, 3.63) is 98.3 Å². The van der Waals surface area contributed by atoms with Crippen molar-refractivity contribution < 1.29 is 17.1 Å². The average molecular weight is 472 g/mol. The van der Waals surface area contributed by atoms with Gasteiger partial charge in [0, 0.05) is 11.6 Å². The summed E-state index contributed by atoms with van der Waals surface area (Å²) in [5, 5.41) is 0. The topological polar surface area (TPSA) is 0 Å². The van der Waals surface area contributed by atoms with Gasteiger partial charge in [-0.1, -0.05) is 70.7 Å². The molecule has 4 saturated carbocycles. The SMILES string of the molecule is Cc1ccccc1[C]1[CH][CH][CH][C]1P(C1CCCCC1)C1CCCCC1.[CH]1[CH][CH][CH][CH]1.[Fe+2]. The van der Waals surface area contributed by atoms with E-state index in [-0.39, 0.29) is 25.0 Å². The molecule has 2 heteroatoms. The van der Waals surface area contributed by atoms with Crippen molar-refractivity contribution in [3.63, 3.8) is 0 Å². The summed E-state index contributed by atoms with van der Waals surface area (Å²) in [5.74, 6) is 1.56. The Hall–Kier alpha value is 0.169. The van der Waals surface area contributed by atoms with Crippen molar-refractivity contribution in [1.82, 2.24) is 0 Å². The second kappa shape index (κ2) is 13.8. The zero-order valence-corrected chi connectivity index (χ0v) is 21.0. The summed E-state index contributed by atoms with van der Waals surface area (Å²) >= 11 is 0. The zero-order valence-electron chi connectivity index (χ0n) is 19.0. The Balaban J connectivity index is 0.000000401. The summed E-state index contributed by atoms with van der Waals surface area (Å²) in [6.07, 6.45) is 32.0. The molecule has 31 heavy (non-hydrogen) atoms. The summed E-state index contributed by atoms with van der Waals surface area (Å²) in [7, 11) is -0.0119. The van der Waals surface area contributed by atoms with Crippen LogP contribution >= 0.6 is 7.92 Å². The maximum absolute atomic E-state index is 2.50. The molecule has 1 aromatic carbocycles. The molecule has 0 atom stereocenters. The molecule has 4 aliphatic rings. The molecular formula is C29H37FeP+2. The first-order chi connectivity index (χ1) is 14.8. The zero-order chi connectivity index (χ0) is 20.6. The third kappa shape index (κ3) is 7.08. The van der Waals surface area contributed by atoms with Gasteiger partial charge in [-0.2, -0.15) is 0 Å². The largest absolute Gasteiger partial charge is 2.00 e. The van der Waals surface area contributed by atoms with Gasteiger partial charge in [-0.05, 0) is 106 Å². The molecule has 1 aromatic rings. The molecule has 0 spiro atoms. The molecule has 0 amide bonds. The van der Waals surface area contributed by atoms with Crippen molar-refractivity contribution in [1.29, 1.82) is 0 Å². The molecule has 0 N–H and O–H groups in total. The maximum atomic E-state index is 2.50. The van der Waals surface area contributed by atoms with Crippen molar-refractivity contribution >= 4 is 7.92 Å². The Labute approximate surface area is 205 Å². The fourth-order valence-electron chi connectivity index (χ4n) is 5.47. The fraction of sp³-hybridized carbons (Fsp3) is 0.448. The van der Waals surface area contributed by atoms with E-state index in [9.17, 15) is 0 Å². The number of benzene rings is 1. The van der Waals surface area contributed by atoms with Gasteiger partial charge in [0.15, 0.2) is 0 Å². The molecule has 4 fully saturated rings. The van der Waals surface area contributed by atoms with Gasteiger partial charge < -0.3 is 0 Å². The van der Waals surface area contributed by atoms with E-state index in [0.29, 0.717) is 0 Å². The summed E-state index contributed by atoms with van der Waals surface area (Å²) in [6.45, 7) is 2.27. The number of rotatable bonds is 4. The van der Waals surface area contributed by atoms with E-state index in [2.05, 4.69) is 50.5 Å². The third-order valence-corrected chi connectivity index (χ3v) is 10.6. The first-order valence-electron chi connectivity index (χ1n) is 12.1. The van der Waals surface area contributed by atoms with Crippen molar-refractivity contribution in [3.8, 4) is 0 Å². The Morgan fingerprint density at radius 2 is 1.16 bits per heavy atom. The molecule has 0 aliphatic heterocycles. The first-order valence-corrected chi connectivity index (χ1v) is 13.6. The smallest absolute Gasteiger partial charge is 0.0917 e. The quantitative estimate of drug-likeness (QED) is 0.306. The van der Waals surface area contributed by atoms with E-state index in [1.54, 1.807) is 11.6 Å². The van der Waals surface area contributed by atoms with Gasteiger partial charge in [-0.25, -0.2) is 0 Å². The van der Waals surface area contributed by atoms with Crippen LogP contribution in [0.1, 0.15) is 75.3 Å². The fourth-order valence-corrected chi connectivity index (χ4v) is 9.43. The van der Waals surface area contributed by atoms with Crippen LogP contribution in [0, 0.1) is 69.9 Å². The van der Waals surface area contributed by atoms with Gasteiger partial charge in [0.25, 0.3) is 0 Å². The van der Waals surface area contributed by atoms with Gasteiger partial charge in [-0.3, -0.25) is 0 Å². The second-order valence-corrected chi connectivity index (χ2v) is 11.8. The molecule has 0 aromatic heterocycles. The van der Waals surface area contributed by atoms with Crippen molar-refractivity contribution in [2.45, 2.75) is 82.4 Å². The summed E-state index contributed by atoms with van der Waals surface area (Å²) < 4.78 is 0. The normalized spacial score (nSPS) is 24.1. The molecule has 164 valence electrons. The predicted octanol–water partition coefficient (Wildman–Crippen LogP) is 8.24. The van der Waals surface area contributed by atoms with Crippen LogP contribution in [0.4, 0.5) is 0 Å². The molecule has 0 nitrogen and oxygen atoms in total. The van der Waals surface area contributed by atoms with Crippen LogP contribution in [-0.2, 0) is 17.1 Å². The van der Waals surface area contributed by atoms with Crippen LogP contribution in [0.3, 0.4) is 0 Å². The Morgan fingerprint density at radius 3 is 1.68 bits per heavy atom. The van der Waals surface area contributed by atoms with E-state index in [1.807, 2.05) is 32.1 Å².